The lowest BCUT2D eigenvalue weighted by atomic mass is 9.62. The number of ketones is 1. The number of rotatable bonds is 0. The summed E-state index contributed by atoms with van der Waals surface area (Å²) >= 11 is 0. The van der Waals surface area contributed by atoms with Crippen LogP contribution in [0.25, 0.3) is 0 Å². The first-order chi connectivity index (χ1) is 10.7. The summed E-state index contributed by atoms with van der Waals surface area (Å²) in [4.78, 5) is 13.0. The molecule has 1 saturated carbocycles. The van der Waals surface area contributed by atoms with Gasteiger partial charge in [0.2, 0.25) is 0 Å². The maximum atomic E-state index is 13.0. The predicted octanol–water partition coefficient (Wildman–Crippen LogP) is 4.20. The van der Waals surface area contributed by atoms with Crippen LogP contribution in [0.3, 0.4) is 0 Å². The second-order valence-corrected chi connectivity index (χ2v) is 8.62. The van der Waals surface area contributed by atoms with Gasteiger partial charge < -0.3 is 0 Å². The Balaban J connectivity index is 1.71. The second-order valence-electron chi connectivity index (χ2n) is 8.62. The molecule has 5 aliphatic rings. The van der Waals surface area contributed by atoms with Gasteiger partial charge in [-0.05, 0) is 60.6 Å². The van der Waals surface area contributed by atoms with Crippen LogP contribution in [0.2, 0.25) is 0 Å². The van der Waals surface area contributed by atoms with E-state index < -0.39 is 0 Å². The van der Waals surface area contributed by atoms with Gasteiger partial charge in [0, 0.05) is 23.7 Å². The van der Waals surface area contributed by atoms with E-state index in [1.54, 1.807) is 16.7 Å². The number of Topliss-reactive ketones (excluding diaryl/α,β-unsaturated/α-hetero) is 1. The number of carbonyl (C=O) groups is 1. The first-order valence-corrected chi connectivity index (χ1v) is 9.05. The van der Waals surface area contributed by atoms with Crippen LogP contribution < -0.4 is 0 Å². The fourth-order valence-corrected chi connectivity index (χ4v) is 7.04. The molecule has 5 atom stereocenters. The zero-order valence-corrected chi connectivity index (χ0v) is 13.2. The average Bonchev–Trinajstić information content (AvgIpc) is 3.15. The zero-order chi connectivity index (χ0) is 14.6. The molecule has 0 N–H and O–H groups in total. The van der Waals surface area contributed by atoms with Crippen molar-refractivity contribution in [1.29, 1.82) is 0 Å². The Morgan fingerprint density at radius 3 is 3.00 bits per heavy atom. The van der Waals surface area contributed by atoms with Crippen molar-refractivity contribution in [2.75, 3.05) is 0 Å². The average molecular weight is 290 g/mol. The fraction of sp³-hybridized carbons (Fsp3) is 0.571. The van der Waals surface area contributed by atoms with Gasteiger partial charge in [0.15, 0.2) is 0 Å². The number of hydrogen-bond donors (Lipinski definition) is 0. The Morgan fingerprint density at radius 1 is 1.18 bits per heavy atom. The van der Waals surface area contributed by atoms with Gasteiger partial charge in [-0.15, -0.1) is 0 Å². The smallest absolute Gasteiger partial charge is 0.141 e. The van der Waals surface area contributed by atoms with Gasteiger partial charge in [-0.3, -0.25) is 4.79 Å². The molecule has 1 fully saturated rings. The van der Waals surface area contributed by atoms with Crippen molar-refractivity contribution in [3.63, 3.8) is 0 Å². The summed E-state index contributed by atoms with van der Waals surface area (Å²) < 4.78 is 0. The van der Waals surface area contributed by atoms with Crippen LogP contribution in [0.15, 0.2) is 29.3 Å². The largest absolute Gasteiger partial charge is 0.299 e. The van der Waals surface area contributed by atoms with Gasteiger partial charge in [-0.1, -0.05) is 36.3 Å². The summed E-state index contributed by atoms with van der Waals surface area (Å²) in [6.45, 7) is 2.44. The van der Waals surface area contributed by atoms with Gasteiger partial charge in [0.05, 0.1) is 0 Å². The SMILES string of the molecule is CC1CC2=C3C4CCC2(C4)C2Cc4cc(ccc4CC2=O)C31. The van der Waals surface area contributed by atoms with E-state index in [1.165, 1.54) is 36.8 Å². The number of benzene rings is 1. The van der Waals surface area contributed by atoms with Crippen LogP contribution in [0.4, 0.5) is 0 Å². The molecule has 8 bridgehead atoms. The van der Waals surface area contributed by atoms with Crippen LogP contribution >= 0.6 is 0 Å². The molecule has 22 heavy (non-hydrogen) atoms. The van der Waals surface area contributed by atoms with Crippen LogP contribution in [0.5, 0.6) is 0 Å². The normalized spacial score (nSPS) is 43.6. The van der Waals surface area contributed by atoms with Crippen molar-refractivity contribution in [1.82, 2.24) is 0 Å². The molecule has 5 unspecified atom stereocenters. The molecule has 0 heterocycles. The third-order valence-corrected chi connectivity index (χ3v) is 7.80. The third-order valence-electron chi connectivity index (χ3n) is 7.80. The lowest BCUT2D eigenvalue weighted by Crippen LogP contribution is -2.40. The summed E-state index contributed by atoms with van der Waals surface area (Å²) in [7, 11) is 0. The van der Waals surface area contributed by atoms with Crippen molar-refractivity contribution in [3.8, 4) is 0 Å². The van der Waals surface area contributed by atoms with Crippen molar-refractivity contribution >= 4 is 5.78 Å². The van der Waals surface area contributed by atoms with Crippen LogP contribution in [0.1, 0.15) is 55.2 Å². The monoisotopic (exact) mass is 290 g/mol. The highest BCUT2D eigenvalue weighted by Crippen LogP contribution is 2.70. The molecule has 1 aromatic carbocycles. The van der Waals surface area contributed by atoms with Crippen molar-refractivity contribution in [2.45, 2.75) is 51.4 Å². The van der Waals surface area contributed by atoms with Gasteiger partial charge >= 0.3 is 0 Å². The first kappa shape index (κ1) is 12.1. The Kier molecular flexibility index (Phi) is 1.97. The molecule has 1 spiro atoms. The highest BCUT2D eigenvalue weighted by molar-refractivity contribution is 5.87. The molecule has 5 aliphatic carbocycles. The predicted molar refractivity (Wildman–Crippen MR) is 85.7 cm³/mol. The molecule has 0 amide bonds. The summed E-state index contributed by atoms with van der Waals surface area (Å²) in [5.41, 5.74) is 8.17. The third kappa shape index (κ3) is 1.16. The molecule has 1 aromatic rings. The molecule has 6 rings (SSSR count). The zero-order valence-electron chi connectivity index (χ0n) is 13.2. The van der Waals surface area contributed by atoms with Gasteiger partial charge in [0.25, 0.3) is 0 Å². The van der Waals surface area contributed by atoms with Gasteiger partial charge in [-0.2, -0.15) is 0 Å². The summed E-state index contributed by atoms with van der Waals surface area (Å²) in [5, 5.41) is 0. The maximum absolute atomic E-state index is 13.0. The molecule has 0 aliphatic heterocycles. The summed E-state index contributed by atoms with van der Waals surface area (Å²) in [5.74, 6) is 3.00. The van der Waals surface area contributed by atoms with E-state index in [9.17, 15) is 4.79 Å². The van der Waals surface area contributed by atoms with E-state index >= 15 is 0 Å². The molecule has 1 heteroatoms. The van der Waals surface area contributed by atoms with E-state index in [-0.39, 0.29) is 11.3 Å². The van der Waals surface area contributed by atoms with E-state index in [0.29, 0.717) is 18.1 Å². The highest BCUT2D eigenvalue weighted by atomic mass is 16.1. The molecule has 0 saturated heterocycles. The van der Waals surface area contributed by atoms with E-state index in [1.807, 2.05) is 0 Å². The number of carbonyl (C=O) groups excluding carboxylic acids is 1. The number of fused-ring (bicyclic) bond motifs is 4. The Hall–Kier alpha value is -1.37. The van der Waals surface area contributed by atoms with Crippen molar-refractivity contribution in [3.05, 3.63) is 46.0 Å². The van der Waals surface area contributed by atoms with Gasteiger partial charge in [-0.25, -0.2) is 0 Å². The highest BCUT2D eigenvalue weighted by Gasteiger charge is 2.60. The quantitative estimate of drug-likeness (QED) is 0.654. The molecule has 1 nitrogen and oxygen atoms in total. The summed E-state index contributed by atoms with van der Waals surface area (Å²) in [6, 6.07) is 7.08. The fourth-order valence-electron chi connectivity index (χ4n) is 7.04. The number of allylic oxidation sites excluding steroid dienone is 2. The molecular weight excluding hydrogens is 268 g/mol. The van der Waals surface area contributed by atoms with E-state index in [4.69, 9.17) is 0 Å². The standard InChI is InChI=1S/C21H22O/c1-11-6-17-20-14-4-5-21(17,10-14)16-8-15-7-13(19(11)20)3-2-12(15)9-18(16)22/h2-3,7,11,14,16,19H,4-6,8-10H2,1H3. The Bertz CT molecular complexity index is 770. The number of hydrogen-bond acceptors (Lipinski definition) is 1. The van der Waals surface area contributed by atoms with Crippen LogP contribution in [-0.2, 0) is 17.6 Å². The van der Waals surface area contributed by atoms with Crippen LogP contribution in [-0.4, -0.2) is 5.78 Å². The first-order valence-electron chi connectivity index (χ1n) is 9.05. The van der Waals surface area contributed by atoms with Gasteiger partial charge in [0.1, 0.15) is 5.78 Å². The molecule has 112 valence electrons. The van der Waals surface area contributed by atoms with E-state index in [0.717, 1.165) is 18.3 Å². The van der Waals surface area contributed by atoms with Crippen molar-refractivity contribution in [2.24, 2.45) is 23.2 Å². The second kappa shape index (κ2) is 3.58. The summed E-state index contributed by atoms with van der Waals surface area (Å²) in [6.07, 6.45) is 6.91. The Morgan fingerprint density at radius 2 is 2.09 bits per heavy atom. The topological polar surface area (TPSA) is 17.1 Å². The maximum Gasteiger partial charge on any atom is 0.141 e. The molecular formula is C21H22O. The lowest BCUT2D eigenvalue weighted by molar-refractivity contribution is -0.126. The van der Waals surface area contributed by atoms with Crippen LogP contribution in [0, 0.1) is 23.2 Å². The van der Waals surface area contributed by atoms with E-state index in [2.05, 4.69) is 25.1 Å². The lowest BCUT2D eigenvalue weighted by Gasteiger charge is -2.40. The van der Waals surface area contributed by atoms with Crippen molar-refractivity contribution < 1.29 is 4.79 Å². The molecule has 0 radical (unpaired) electrons. The molecule has 0 aromatic heterocycles. The minimum Gasteiger partial charge on any atom is -0.299 e. The minimum absolute atomic E-state index is 0.268. The Labute approximate surface area is 131 Å². The minimum atomic E-state index is 0.268.